The predicted molar refractivity (Wildman–Crippen MR) is 176 cm³/mol. The molecule has 0 aliphatic carbocycles. The summed E-state index contributed by atoms with van der Waals surface area (Å²) in [6.45, 7) is 7.85. The molecule has 2 amide bonds. The van der Waals surface area contributed by atoms with Crippen LogP contribution in [0.15, 0.2) is 108 Å². The molecule has 4 rings (SSSR count). The molecular weight excluding hydrogens is 570 g/mol. The molecule has 1 N–H and O–H groups in total. The number of nitrogens with zero attached hydrogens (tertiary/aromatic N) is 2. The van der Waals surface area contributed by atoms with Gasteiger partial charge in [-0.1, -0.05) is 96.9 Å². The van der Waals surface area contributed by atoms with Gasteiger partial charge in [0.2, 0.25) is 11.8 Å². The first-order valence-corrected chi connectivity index (χ1v) is 16.3. The maximum atomic E-state index is 14.5. The van der Waals surface area contributed by atoms with Gasteiger partial charge >= 0.3 is 0 Å². The number of hydrogen-bond donors (Lipinski definition) is 1. The van der Waals surface area contributed by atoms with E-state index in [1.165, 1.54) is 4.90 Å². The Bertz CT molecular complexity index is 1650. The van der Waals surface area contributed by atoms with Crippen LogP contribution in [-0.4, -0.2) is 44.3 Å². The molecule has 4 aromatic rings. The van der Waals surface area contributed by atoms with E-state index >= 15 is 0 Å². The quantitative estimate of drug-likeness (QED) is 0.202. The van der Waals surface area contributed by atoms with Crippen LogP contribution in [0.25, 0.3) is 0 Å². The highest BCUT2D eigenvalue weighted by Gasteiger charge is 2.34. The molecule has 0 saturated heterocycles. The fraction of sp³-hybridized carbons (Fsp3) is 0.278. The van der Waals surface area contributed by atoms with Gasteiger partial charge in [0.1, 0.15) is 12.6 Å². The van der Waals surface area contributed by atoms with Crippen molar-refractivity contribution in [3.63, 3.8) is 0 Å². The summed E-state index contributed by atoms with van der Waals surface area (Å²) < 4.78 is 29.4. The van der Waals surface area contributed by atoms with Crippen molar-refractivity contribution in [1.82, 2.24) is 10.2 Å². The summed E-state index contributed by atoms with van der Waals surface area (Å²) in [5, 5.41) is 2.97. The highest BCUT2D eigenvalue weighted by molar-refractivity contribution is 7.92. The molecule has 0 aliphatic rings. The van der Waals surface area contributed by atoms with Crippen LogP contribution in [-0.2, 0) is 32.6 Å². The Morgan fingerprint density at radius 2 is 1.39 bits per heavy atom. The minimum Gasteiger partial charge on any atom is -0.354 e. The third kappa shape index (κ3) is 8.35. The zero-order chi connectivity index (χ0) is 31.7. The third-order valence-corrected chi connectivity index (χ3v) is 9.26. The van der Waals surface area contributed by atoms with Crippen LogP contribution >= 0.6 is 0 Å². The number of rotatable bonds is 13. The molecule has 0 saturated carbocycles. The SMILES string of the molecule is CCCNC(=O)[C@H](Cc1ccccc1)N(Cc1ccc(C)cc1)C(=O)CN(c1cccc(C)c1)S(=O)(=O)c1ccc(C)cc1. The number of carbonyl (C=O) groups excluding carboxylic acids is 2. The normalized spacial score (nSPS) is 11.9. The average molecular weight is 612 g/mol. The first-order chi connectivity index (χ1) is 21.1. The lowest BCUT2D eigenvalue weighted by molar-refractivity contribution is -0.140. The van der Waals surface area contributed by atoms with Crippen LogP contribution in [0.1, 0.15) is 41.2 Å². The van der Waals surface area contributed by atoms with Crippen LogP contribution in [0.2, 0.25) is 0 Å². The molecule has 0 aliphatic heterocycles. The van der Waals surface area contributed by atoms with Crippen LogP contribution < -0.4 is 9.62 Å². The van der Waals surface area contributed by atoms with Gasteiger partial charge in [0, 0.05) is 19.5 Å². The van der Waals surface area contributed by atoms with Gasteiger partial charge in [-0.3, -0.25) is 13.9 Å². The molecular formula is C36H41N3O4S. The van der Waals surface area contributed by atoms with Crippen molar-refractivity contribution in [2.45, 2.75) is 58.0 Å². The zero-order valence-corrected chi connectivity index (χ0v) is 26.7. The summed E-state index contributed by atoms with van der Waals surface area (Å²) in [5.41, 5.74) is 4.97. The van der Waals surface area contributed by atoms with Gasteiger partial charge in [0.15, 0.2) is 0 Å². The molecule has 1 atom stereocenters. The fourth-order valence-corrected chi connectivity index (χ4v) is 6.37. The van der Waals surface area contributed by atoms with E-state index in [9.17, 15) is 18.0 Å². The van der Waals surface area contributed by atoms with E-state index in [-0.39, 0.29) is 23.8 Å². The molecule has 230 valence electrons. The highest BCUT2D eigenvalue weighted by Crippen LogP contribution is 2.26. The van der Waals surface area contributed by atoms with E-state index in [1.807, 2.05) is 88.4 Å². The number of nitrogens with one attached hydrogen (secondary N) is 1. The van der Waals surface area contributed by atoms with E-state index in [0.29, 0.717) is 12.2 Å². The van der Waals surface area contributed by atoms with E-state index in [2.05, 4.69) is 5.32 Å². The summed E-state index contributed by atoms with van der Waals surface area (Å²) in [4.78, 5) is 29.8. The average Bonchev–Trinajstić information content (AvgIpc) is 3.01. The zero-order valence-electron chi connectivity index (χ0n) is 25.9. The predicted octanol–water partition coefficient (Wildman–Crippen LogP) is 5.97. The molecule has 0 bridgehead atoms. The third-order valence-electron chi connectivity index (χ3n) is 7.47. The van der Waals surface area contributed by atoms with Gasteiger partial charge in [-0.15, -0.1) is 0 Å². The fourth-order valence-electron chi connectivity index (χ4n) is 4.96. The molecule has 7 nitrogen and oxygen atoms in total. The summed E-state index contributed by atoms with van der Waals surface area (Å²) >= 11 is 0. The molecule has 0 heterocycles. The number of anilines is 1. The Balaban J connectivity index is 1.79. The summed E-state index contributed by atoms with van der Waals surface area (Å²) in [5.74, 6) is -0.755. The lowest BCUT2D eigenvalue weighted by Crippen LogP contribution is -2.53. The maximum Gasteiger partial charge on any atom is 0.264 e. The molecule has 0 spiro atoms. The van der Waals surface area contributed by atoms with Gasteiger partial charge in [0.05, 0.1) is 10.6 Å². The Kier molecular flexibility index (Phi) is 11.0. The summed E-state index contributed by atoms with van der Waals surface area (Å²) in [6, 6.07) is 30.1. The number of carbonyl (C=O) groups is 2. The van der Waals surface area contributed by atoms with Gasteiger partial charge in [-0.2, -0.15) is 0 Å². The van der Waals surface area contributed by atoms with Crippen molar-refractivity contribution in [3.05, 3.63) is 131 Å². The topological polar surface area (TPSA) is 86.8 Å². The molecule has 0 radical (unpaired) electrons. The van der Waals surface area contributed by atoms with Crippen LogP contribution in [0.5, 0.6) is 0 Å². The Morgan fingerprint density at radius 3 is 2.00 bits per heavy atom. The molecule has 0 aromatic heterocycles. The number of hydrogen-bond acceptors (Lipinski definition) is 4. The van der Waals surface area contributed by atoms with Gasteiger partial charge in [0.25, 0.3) is 10.0 Å². The lowest BCUT2D eigenvalue weighted by Gasteiger charge is -2.34. The van der Waals surface area contributed by atoms with Crippen molar-refractivity contribution in [2.75, 3.05) is 17.4 Å². The Morgan fingerprint density at radius 1 is 0.750 bits per heavy atom. The van der Waals surface area contributed by atoms with Crippen LogP contribution in [0, 0.1) is 20.8 Å². The summed E-state index contributed by atoms with van der Waals surface area (Å²) in [7, 11) is -4.13. The largest absolute Gasteiger partial charge is 0.354 e. The van der Waals surface area contributed by atoms with Crippen molar-refractivity contribution < 1.29 is 18.0 Å². The lowest BCUT2D eigenvalue weighted by atomic mass is 10.0. The minimum absolute atomic E-state index is 0.0871. The van der Waals surface area contributed by atoms with Gasteiger partial charge in [-0.05, 0) is 68.1 Å². The number of aryl methyl sites for hydroxylation is 3. The first-order valence-electron chi connectivity index (χ1n) is 14.9. The molecule has 0 fully saturated rings. The van der Waals surface area contributed by atoms with Gasteiger partial charge < -0.3 is 10.2 Å². The van der Waals surface area contributed by atoms with Crippen LogP contribution in [0.3, 0.4) is 0 Å². The van der Waals surface area contributed by atoms with Gasteiger partial charge in [-0.25, -0.2) is 8.42 Å². The number of benzene rings is 4. The van der Waals surface area contributed by atoms with E-state index < -0.39 is 28.5 Å². The second-order valence-corrected chi connectivity index (χ2v) is 13.0. The van der Waals surface area contributed by atoms with E-state index in [1.54, 1.807) is 42.5 Å². The van der Waals surface area contributed by atoms with Crippen molar-refractivity contribution in [1.29, 1.82) is 0 Å². The smallest absolute Gasteiger partial charge is 0.264 e. The molecule has 44 heavy (non-hydrogen) atoms. The highest BCUT2D eigenvalue weighted by atomic mass is 32.2. The first kappa shape index (κ1) is 32.5. The Hall–Kier alpha value is -4.43. The Labute approximate surface area is 261 Å². The van der Waals surface area contributed by atoms with Crippen molar-refractivity contribution in [2.24, 2.45) is 0 Å². The number of amides is 2. The molecule has 0 unspecified atom stereocenters. The monoisotopic (exact) mass is 611 g/mol. The molecule has 8 heteroatoms. The second-order valence-electron chi connectivity index (χ2n) is 11.2. The number of sulfonamides is 1. The van der Waals surface area contributed by atoms with Crippen molar-refractivity contribution >= 4 is 27.5 Å². The summed E-state index contributed by atoms with van der Waals surface area (Å²) in [6.07, 6.45) is 1.02. The van der Waals surface area contributed by atoms with E-state index in [0.717, 1.165) is 38.5 Å². The standard InChI is InChI=1S/C36H41N3O4S/c1-5-22-37-36(41)34(24-30-11-7-6-8-12-30)38(25-31-18-14-27(2)15-19-31)35(40)26-39(32-13-9-10-29(4)23-32)44(42,43)33-20-16-28(3)17-21-33/h6-21,23,34H,5,22,24-26H2,1-4H3,(H,37,41)/t34-/m0/s1. The van der Waals surface area contributed by atoms with E-state index in [4.69, 9.17) is 0 Å². The van der Waals surface area contributed by atoms with Crippen molar-refractivity contribution in [3.8, 4) is 0 Å². The minimum atomic E-state index is -4.13. The second kappa shape index (κ2) is 14.8. The molecule has 4 aromatic carbocycles. The van der Waals surface area contributed by atoms with Crippen LogP contribution in [0.4, 0.5) is 5.69 Å². The maximum absolute atomic E-state index is 14.5.